The molecule has 0 amide bonds. The Morgan fingerprint density at radius 2 is 1.68 bits per heavy atom. The van der Waals surface area contributed by atoms with E-state index in [4.69, 9.17) is 4.18 Å². The standard InChI is InChI=1S/C17H28O3SSi/c1-5-22(3,4)15-9-7-6-8-14-20-21(18,19)17-12-10-16(2)11-13-17/h5,10-13H,1,6-9,14-15H2,2-4H3. The molecular formula is C17H28O3SSi. The minimum Gasteiger partial charge on any atom is -0.266 e. The molecule has 0 fully saturated rings. The molecule has 0 bridgehead atoms. The van der Waals surface area contributed by atoms with Gasteiger partial charge < -0.3 is 0 Å². The maximum Gasteiger partial charge on any atom is 0.296 e. The molecule has 0 aliphatic rings. The zero-order chi connectivity index (χ0) is 16.6. The smallest absolute Gasteiger partial charge is 0.266 e. The van der Waals surface area contributed by atoms with Gasteiger partial charge in [-0.3, -0.25) is 4.18 Å². The maximum absolute atomic E-state index is 12.0. The van der Waals surface area contributed by atoms with Crippen LogP contribution in [0.5, 0.6) is 0 Å². The molecule has 0 unspecified atom stereocenters. The van der Waals surface area contributed by atoms with E-state index in [1.165, 1.54) is 12.5 Å². The molecule has 5 heteroatoms. The first-order chi connectivity index (χ1) is 10.3. The van der Waals surface area contributed by atoms with E-state index in [1.807, 2.05) is 6.92 Å². The SMILES string of the molecule is C=C[Si](C)(C)CCCCCCOS(=O)(=O)c1ccc(C)cc1. The molecule has 124 valence electrons. The maximum atomic E-state index is 12.0. The van der Waals surface area contributed by atoms with Crippen LogP contribution in [0.25, 0.3) is 0 Å². The third-order valence-electron chi connectivity index (χ3n) is 3.82. The van der Waals surface area contributed by atoms with Crippen LogP contribution in [0.2, 0.25) is 19.1 Å². The highest BCUT2D eigenvalue weighted by Gasteiger charge is 2.15. The van der Waals surface area contributed by atoms with Crippen molar-refractivity contribution in [1.29, 1.82) is 0 Å². The molecule has 1 aromatic carbocycles. The summed E-state index contributed by atoms with van der Waals surface area (Å²) >= 11 is 0. The van der Waals surface area contributed by atoms with Crippen molar-refractivity contribution >= 4 is 18.2 Å². The molecule has 0 aromatic heterocycles. The third kappa shape index (κ3) is 6.90. The van der Waals surface area contributed by atoms with Crippen molar-refractivity contribution < 1.29 is 12.6 Å². The van der Waals surface area contributed by atoms with Gasteiger partial charge in [0.15, 0.2) is 0 Å². The van der Waals surface area contributed by atoms with E-state index in [-0.39, 0.29) is 11.5 Å². The van der Waals surface area contributed by atoms with E-state index in [2.05, 4.69) is 25.4 Å². The van der Waals surface area contributed by atoms with E-state index in [9.17, 15) is 8.42 Å². The predicted octanol–water partition coefficient (Wildman–Crippen LogP) is 4.69. The van der Waals surface area contributed by atoms with Crippen LogP contribution >= 0.6 is 0 Å². The fraction of sp³-hybridized carbons (Fsp3) is 0.529. The van der Waals surface area contributed by atoms with Crippen molar-refractivity contribution in [3.8, 4) is 0 Å². The van der Waals surface area contributed by atoms with Crippen molar-refractivity contribution in [3.63, 3.8) is 0 Å². The van der Waals surface area contributed by atoms with Crippen molar-refractivity contribution in [2.24, 2.45) is 0 Å². The number of benzene rings is 1. The highest BCUT2D eigenvalue weighted by atomic mass is 32.2. The summed E-state index contributed by atoms with van der Waals surface area (Å²) in [4.78, 5) is 0.233. The van der Waals surface area contributed by atoms with Crippen molar-refractivity contribution in [1.82, 2.24) is 0 Å². The van der Waals surface area contributed by atoms with Gasteiger partial charge in [0, 0.05) is 0 Å². The molecule has 0 N–H and O–H groups in total. The predicted molar refractivity (Wildman–Crippen MR) is 95.3 cm³/mol. The van der Waals surface area contributed by atoms with Gasteiger partial charge in [0.05, 0.1) is 19.6 Å². The van der Waals surface area contributed by atoms with E-state index < -0.39 is 18.2 Å². The summed E-state index contributed by atoms with van der Waals surface area (Å²) in [5.41, 5.74) is 3.16. The Morgan fingerprint density at radius 3 is 2.27 bits per heavy atom. The Kier molecular flexibility index (Phi) is 7.52. The van der Waals surface area contributed by atoms with Gasteiger partial charge in [-0.2, -0.15) is 8.42 Å². The van der Waals surface area contributed by atoms with Crippen molar-refractivity contribution in [2.75, 3.05) is 6.61 Å². The molecule has 0 saturated carbocycles. The lowest BCUT2D eigenvalue weighted by molar-refractivity contribution is 0.307. The van der Waals surface area contributed by atoms with Gasteiger partial charge in [-0.1, -0.05) is 56.1 Å². The summed E-state index contributed by atoms with van der Waals surface area (Å²) in [6.45, 7) is 10.7. The minimum atomic E-state index is -3.60. The summed E-state index contributed by atoms with van der Waals surface area (Å²) in [6.07, 6.45) is 4.10. The third-order valence-corrected chi connectivity index (χ3v) is 7.89. The molecule has 1 aromatic rings. The molecule has 0 aliphatic carbocycles. The summed E-state index contributed by atoms with van der Waals surface area (Å²) in [6, 6.07) is 7.99. The molecule has 22 heavy (non-hydrogen) atoms. The Bertz CT molecular complexity index is 562. The van der Waals surface area contributed by atoms with Gasteiger partial charge in [-0.05, 0) is 25.5 Å². The fourth-order valence-electron chi connectivity index (χ4n) is 2.08. The molecule has 0 spiro atoms. The average Bonchev–Trinajstić information content (AvgIpc) is 2.46. The monoisotopic (exact) mass is 340 g/mol. The first-order valence-corrected chi connectivity index (χ1v) is 12.6. The second-order valence-electron chi connectivity index (χ2n) is 6.45. The van der Waals surface area contributed by atoms with Crippen LogP contribution in [0.3, 0.4) is 0 Å². The molecule has 3 nitrogen and oxygen atoms in total. The highest BCUT2D eigenvalue weighted by molar-refractivity contribution is 7.86. The number of aryl methyl sites for hydroxylation is 1. The number of rotatable bonds is 10. The lowest BCUT2D eigenvalue weighted by Crippen LogP contribution is -2.21. The molecule has 0 aliphatic heterocycles. The van der Waals surface area contributed by atoms with Crippen LogP contribution in [0, 0.1) is 6.92 Å². The zero-order valence-electron chi connectivity index (χ0n) is 14.0. The van der Waals surface area contributed by atoms with Gasteiger partial charge in [-0.15, -0.1) is 12.3 Å². The molecule has 0 saturated heterocycles. The summed E-state index contributed by atoms with van der Waals surface area (Å²) in [7, 11) is -4.79. The van der Waals surface area contributed by atoms with Crippen LogP contribution in [0.15, 0.2) is 41.4 Å². The highest BCUT2D eigenvalue weighted by Crippen LogP contribution is 2.17. The summed E-state index contributed by atoms with van der Waals surface area (Å²) < 4.78 is 29.0. The van der Waals surface area contributed by atoms with E-state index in [1.54, 1.807) is 24.3 Å². The van der Waals surface area contributed by atoms with Gasteiger partial charge in [0.2, 0.25) is 0 Å². The van der Waals surface area contributed by atoms with E-state index >= 15 is 0 Å². The van der Waals surface area contributed by atoms with Crippen LogP contribution < -0.4 is 0 Å². The molecule has 0 atom stereocenters. The van der Waals surface area contributed by atoms with E-state index in [0.29, 0.717) is 0 Å². The molecule has 0 radical (unpaired) electrons. The second kappa shape index (κ2) is 8.65. The topological polar surface area (TPSA) is 43.4 Å². The second-order valence-corrected chi connectivity index (χ2v) is 12.9. The van der Waals surface area contributed by atoms with Gasteiger partial charge in [0.25, 0.3) is 10.1 Å². The molecule has 1 rings (SSSR count). The zero-order valence-corrected chi connectivity index (χ0v) is 15.8. The number of unbranched alkanes of at least 4 members (excludes halogenated alkanes) is 3. The average molecular weight is 341 g/mol. The fourth-order valence-corrected chi connectivity index (χ4v) is 4.39. The summed E-state index contributed by atoms with van der Waals surface area (Å²) in [5.74, 6) is 0. The Balaban J connectivity index is 2.24. The lowest BCUT2D eigenvalue weighted by atomic mass is 10.2. The van der Waals surface area contributed by atoms with Crippen LogP contribution in [-0.2, 0) is 14.3 Å². The lowest BCUT2D eigenvalue weighted by Gasteiger charge is -2.16. The van der Waals surface area contributed by atoms with Crippen molar-refractivity contribution in [2.45, 2.75) is 56.6 Å². The van der Waals surface area contributed by atoms with Crippen molar-refractivity contribution in [3.05, 3.63) is 42.1 Å². The van der Waals surface area contributed by atoms with E-state index in [0.717, 1.165) is 24.8 Å². The number of hydrogen-bond donors (Lipinski definition) is 0. The normalized spacial score (nSPS) is 12.3. The molecule has 0 heterocycles. The first kappa shape index (κ1) is 19.1. The Hall–Kier alpha value is -0.913. The van der Waals surface area contributed by atoms with Crippen LogP contribution in [-0.4, -0.2) is 23.1 Å². The Morgan fingerprint density at radius 1 is 1.09 bits per heavy atom. The van der Waals surface area contributed by atoms with Gasteiger partial charge >= 0.3 is 0 Å². The summed E-state index contributed by atoms with van der Waals surface area (Å²) in [5, 5.41) is 0. The number of hydrogen-bond acceptors (Lipinski definition) is 3. The molecular weight excluding hydrogens is 312 g/mol. The quantitative estimate of drug-likeness (QED) is 0.352. The first-order valence-electron chi connectivity index (χ1n) is 7.86. The van der Waals surface area contributed by atoms with Gasteiger partial charge in [-0.25, -0.2) is 0 Å². The van der Waals surface area contributed by atoms with Crippen LogP contribution in [0.4, 0.5) is 0 Å². The minimum absolute atomic E-state index is 0.233. The van der Waals surface area contributed by atoms with Crippen LogP contribution in [0.1, 0.15) is 31.2 Å². The van der Waals surface area contributed by atoms with Gasteiger partial charge in [0.1, 0.15) is 0 Å². The largest absolute Gasteiger partial charge is 0.296 e. The Labute approximate surface area is 136 Å².